The van der Waals surface area contributed by atoms with Gasteiger partial charge in [-0.15, -0.1) is 0 Å². The number of amides is 1. The van der Waals surface area contributed by atoms with Crippen molar-refractivity contribution >= 4 is 12.1 Å². The lowest BCUT2D eigenvalue weighted by atomic mass is 10.1. The number of aromatic nitrogens is 2. The molecule has 0 aliphatic rings. The first-order valence-corrected chi connectivity index (χ1v) is 9.46. The van der Waals surface area contributed by atoms with Gasteiger partial charge in [-0.25, -0.2) is 5.43 Å². The first kappa shape index (κ1) is 22.5. The molecule has 0 spiro atoms. The molecule has 2 N–H and O–H groups in total. The first-order valence-electron chi connectivity index (χ1n) is 9.46. The lowest BCUT2D eigenvalue weighted by molar-refractivity contribution is 0.0950. The predicted molar refractivity (Wildman–Crippen MR) is 118 cm³/mol. The van der Waals surface area contributed by atoms with Crippen LogP contribution in [0.5, 0.6) is 28.7 Å². The molecule has 1 heterocycles. The molecule has 10 heteroatoms. The fraction of sp³-hybridized carbons (Fsp3) is 0.227. The van der Waals surface area contributed by atoms with Crippen molar-refractivity contribution in [1.82, 2.24) is 15.6 Å². The van der Waals surface area contributed by atoms with Gasteiger partial charge >= 0.3 is 0 Å². The smallest absolute Gasteiger partial charge is 0.289 e. The van der Waals surface area contributed by atoms with E-state index < -0.39 is 5.91 Å². The van der Waals surface area contributed by atoms with Gasteiger partial charge in [0.05, 0.1) is 47.5 Å². The molecule has 0 saturated carbocycles. The number of nitrogens with one attached hydrogen (secondary N) is 2. The Balaban J connectivity index is 1.74. The van der Waals surface area contributed by atoms with Crippen LogP contribution >= 0.6 is 0 Å². The van der Waals surface area contributed by atoms with Crippen molar-refractivity contribution < 1.29 is 28.5 Å². The number of aromatic amines is 1. The van der Waals surface area contributed by atoms with Crippen LogP contribution in [-0.4, -0.2) is 57.9 Å². The largest absolute Gasteiger partial charge is 0.493 e. The van der Waals surface area contributed by atoms with Crippen molar-refractivity contribution in [3.8, 4) is 40.0 Å². The number of H-pyrrole nitrogens is 1. The van der Waals surface area contributed by atoms with Crippen molar-refractivity contribution in [1.29, 1.82) is 0 Å². The number of nitrogens with zero attached hydrogens (tertiary/aromatic N) is 2. The van der Waals surface area contributed by atoms with E-state index in [1.165, 1.54) is 27.5 Å². The third-order valence-electron chi connectivity index (χ3n) is 4.61. The van der Waals surface area contributed by atoms with Crippen LogP contribution in [0.4, 0.5) is 0 Å². The molecule has 1 amide bonds. The number of methoxy groups -OCH3 is 5. The fourth-order valence-electron chi connectivity index (χ4n) is 3.03. The highest BCUT2D eigenvalue weighted by atomic mass is 16.5. The summed E-state index contributed by atoms with van der Waals surface area (Å²) in [6.45, 7) is 0. The van der Waals surface area contributed by atoms with E-state index in [0.717, 1.165) is 5.56 Å². The minimum absolute atomic E-state index is 0.242. The number of carbonyl (C=O) groups excluding carboxylic acids is 1. The Labute approximate surface area is 185 Å². The maximum absolute atomic E-state index is 12.5. The quantitative estimate of drug-likeness (QED) is 0.388. The molecule has 0 radical (unpaired) electrons. The molecule has 0 unspecified atom stereocenters. The Morgan fingerprint density at radius 3 is 2.22 bits per heavy atom. The summed E-state index contributed by atoms with van der Waals surface area (Å²) in [5.41, 5.74) is 4.63. The van der Waals surface area contributed by atoms with Gasteiger partial charge in [0.15, 0.2) is 23.0 Å². The zero-order chi connectivity index (χ0) is 23.1. The molecule has 0 bridgehead atoms. The molecule has 3 aromatic rings. The van der Waals surface area contributed by atoms with Gasteiger partial charge in [0.25, 0.3) is 5.91 Å². The van der Waals surface area contributed by atoms with E-state index in [4.69, 9.17) is 23.7 Å². The average molecular weight is 440 g/mol. The van der Waals surface area contributed by atoms with E-state index in [0.29, 0.717) is 40.0 Å². The fourth-order valence-corrected chi connectivity index (χ4v) is 3.03. The lowest BCUT2D eigenvalue weighted by Crippen LogP contribution is -2.18. The third-order valence-corrected chi connectivity index (χ3v) is 4.61. The highest BCUT2D eigenvalue weighted by Crippen LogP contribution is 2.39. The van der Waals surface area contributed by atoms with Crippen molar-refractivity contribution in [2.45, 2.75) is 0 Å². The van der Waals surface area contributed by atoms with E-state index >= 15 is 0 Å². The van der Waals surface area contributed by atoms with E-state index in [1.807, 2.05) is 6.07 Å². The standard InChI is InChI=1S/C22H24N4O6/c1-28-17-8-6-13(10-19(17)30-3)15-11-16(25-24-15)22(27)26-23-12-14-7-9-18(29-2)21(32-5)20(14)31-4/h6-12H,1-5H3,(H,24,25)(H,26,27). The Kier molecular flexibility index (Phi) is 7.17. The van der Waals surface area contributed by atoms with E-state index in [1.54, 1.807) is 44.6 Å². The van der Waals surface area contributed by atoms with Crippen LogP contribution in [0, 0.1) is 0 Å². The van der Waals surface area contributed by atoms with Crippen LogP contribution in [-0.2, 0) is 0 Å². The van der Waals surface area contributed by atoms with E-state index in [2.05, 4.69) is 20.7 Å². The molecule has 0 atom stereocenters. The molecular weight excluding hydrogens is 416 g/mol. The normalized spacial score (nSPS) is 10.7. The number of hydrazone groups is 1. The molecule has 2 aromatic carbocycles. The van der Waals surface area contributed by atoms with Crippen molar-refractivity contribution in [2.75, 3.05) is 35.5 Å². The van der Waals surface area contributed by atoms with Crippen molar-refractivity contribution in [2.24, 2.45) is 5.10 Å². The van der Waals surface area contributed by atoms with Crippen LogP contribution < -0.4 is 29.1 Å². The lowest BCUT2D eigenvalue weighted by Gasteiger charge is -2.13. The van der Waals surface area contributed by atoms with Gasteiger partial charge in [0.1, 0.15) is 5.69 Å². The van der Waals surface area contributed by atoms with Gasteiger partial charge in [-0.3, -0.25) is 9.89 Å². The summed E-state index contributed by atoms with van der Waals surface area (Å²) in [6, 6.07) is 10.4. The maximum Gasteiger partial charge on any atom is 0.289 e. The topological polar surface area (TPSA) is 116 Å². The SMILES string of the molecule is COc1ccc(-c2cc(C(=O)NN=Cc3ccc(OC)c(OC)c3OC)[nH]n2)cc1OC. The number of carbonyl (C=O) groups is 1. The van der Waals surface area contributed by atoms with Gasteiger partial charge in [0.2, 0.25) is 5.75 Å². The van der Waals surface area contributed by atoms with Crippen LogP contribution in [0.1, 0.15) is 16.1 Å². The minimum Gasteiger partial charge on any atom is -0.493 e. The monoisotopic (exact) mass is 440 g/mol. The maximum atomic E-state index is 12.5. The minimum atomic E-state index is -0.458. The van der Waals surface area contributed by atoms with Crippen molar-refractivity contribution in [3.05, 3.63) is 47.7 Å². The summed E-state index contributed by atoms with van der Waals surface area (Å²) in [5.74, 6) is 2.09. The van der Waals surface area contributed by atoms with Gasteiger partial charge in [-0.2, -0.15) is 10.2 Å². The van der Waals surface area contributed by atoms with Crippen LogP contribution in [0.2, 0.25) is 0 Å². The molecule has 1 aromatic heterocycles. The molecule has 0 fully saturated rings. The molecule has 3 rings (SSSR count). The first-order chi connectivity index (χ1) is 15.6. The Morgan fingerprint density at radius 1 is 0.875 bits per heavy atom. The van der Waals surface area contributed by atoms with Gasteiger partial charge < -0.3 is 23.7 Å². The second-order valence-electron chi connectivity index (χ2n) is 6.36. The summed E-state index contributed by atoms with van der Waals surface area (Å²) in [5, 5.41) is 10.9. The van der Waals surface area contributed by atoms with Crippen LogP contribution in [0.3, 0.4) is 0 Å². The number of ether oxygens (including phenoxy) is 5. The molecular formula is C22H24N4O6. The second-order valence-corrected chi connectivity index (χ2v) is 6.36. The summed E-state index contributed by atoms with van der Waals surface area (Å²) in [7, 11) is 7.67. The summed E-state index contributed by atoms with van der Waals surface area (Å²) < 4.78 is 26.5. The van der Waals surface area contributed by atoms with Crippen molar-refractivity contribution in [3.63, 3.8) is 0 Å². The van der Waals surface area contributed by atoms with Gasteiger partial charge in [-0.05, 0) is 36.4 Å². The van der Waals surface area contributed by atoms with E-state index in [-0.39, 0.29) is 5.69 Å². The molecule has 32 heavy (non-hydrogen) atoms. The molecule has 0 aliphatic heterocycles. The second kappa shape index (κ2) is 10.2. The summed E-state index contributed by atoms with van der Waals surface area (Å²) >= 11 is 0. The van der Waals surface area contributed by atoms with Gasteiger partial charge in [0, 0.05) is 11.1 Å². The number of hydrogen-bond acceptors (Lipinski definition) is 8. The Hall–Kier alpha value is -4.21. The van der Waals surface area contributed by atoms with Gasteiger partial charge in [-0.1, -0.05) is 0 Å². The summed E-state index contributed by atoms with van der Waals surface area (Å²) in [4.78, 5) is 12.5. The third kappa shape index (κ3) is 4.59. The average Bonchev–Trinajstić information content (AvgIpc) is 3.33. The number of rotatable bonds is 9. The Bertz CT molecular complexity index is 1130. The molecule has 10 nitrogen and oxygen atoms in total. The Morgan fingerprint density at radius 2 is 1.56 bits per heavy atom. The zero-order valence-corrected chi connectivity index (χ0v) is 18.4. The van der Waals surface area contributed by atoms with Crippen LogP contribution in [0.25, 0.3) is 11.3 Å². The summed E-state index contributed by atoms with van der Waals surface area (Å²) in [6.07, 6.45) is 1.45. The molecule has 0 aliphatic carbocycles. The predicted octanol–water partition coefficient (Wildman–Crippen LogP) is 2.88. The molecule has 168 valence electrons. The number of hydrogen-bond donors (Lipinski definition) is 2. The van der Waals surface area contributed by atoms with E-state index in [9.17, 15) is 4.79 Å². The molecule has 0 saturated heterocycles. The highest BCUT2D eigenvalue weighted by molar-refractivity contribution is 5.94. The zero-order valence-electron chi connectivity index (χ0n) is 18.4. The van der Waals surface area contributed by atoms with Crippen LogP contribution in [0.15, 0.2) is 41.5 Å². The number of benzene rings is 2. The highest BCUT2D eigenvalue weighted by Gasteiger charge is 2.15.